The first kappa shape index (κ1) is 13.7. The molecule has 0 N–H and O–H groups in total. The summed E-state index contributed by atoms with van der Waals surface area (Å²) in [5.74, 6) is 0. The average molecular weight is 309 g/mol. The minimum Gasteiger partial charge on any atom is -0.334 e. The first-order valence-electron chi connectivity index (χ1n) is 7.86. The predicted octanol–water partition coefficient (Wildman–Crippen LogP) is 4.05. The maximum Gasteiger partial charge on any atom is 0.0956 e. The van der Waals surface area contributed by atoms with E-state index in [1.54, 1.807) is 0 Å². The number of hydrogen-bond acceptors (Lipinski definition) is 3. The third kappa shape index (κ3) is 2.48. The zero-order valence-electron chi connectivity index (χ0n) is 12.7. The number of aryl methyl sites for hydroxylation is 4. The van der Waals surface area contributed by atoms with Crippen molar-refractivity contribution in [1.82, 2.24) is 14.5 Å². The molecular weight excluding hydrogens is 290 g/mol. The van der Waals surface area contributed by atoms with Crippen LogP contribution in [0.3, 0.4) is 0 Å². The fourth-order valence-electron chi connectivity index (χ4n) is 3.12. The molecule has 22 heavy (non-hydrogen) atoms. The van der Waals surface area contributed by atoms with Gasteiger partial charge in [-0.25, -0.2) is 9.97 Å². The minimum atomic E-state index is 0.956. The van der Waals surface area contributed by atoms with Gasteiger partial charge in [-0.1, -0.05) is 30.3 Å². The lowest BCUT2D eigenvalue weighted by atomic mass is 10.1. The summed E-state index contributed by atoms with van der Waals surface area (Å²) in [6.07, 6.45) is 6.65. The van der Waals surface area contributed by atoms with E-state index in [0.29, 0.717) is 0 Å². The largest absolute Gasteiger partial charge is 0.334 e. The van der Waals surface area contributed by atoms with Crippen molar-refractivity contribution in [3.8, 4) is 11.3 Å². The maximum absolute atomic E-state index is 4.79. The molecule has 0 atom stereocenters. The summed E-state index contributed by atoms with van der Waals surface area (Å²) in [6.45, 7) is 3.11. The van der Waals surface area contributed by atoms with Crippen LogP contribution >= 0.6 is 11.3 Å². The molecule has 3 aromatic rings. The first-order chi connectivity index (χ1) is 10.8. The van der Waals surface area contributed by atoms with Crippen LogP contribution in [0.2, 0.25) is 0 Å². The third-order valence-corrected chi connectivity index (χ3v) is 5.57. The van der Waals surface area contributed by atoms with Gasteiger partial charge in [0.2, 0.25) is 0 Å². The van der Waals surface area contributed by atoms with Crippen LogP contribution in [0, 0.1) is 6.92 Å². The van der Waals surface area contributed by atoms with E-state index in [9.17, 15) is 0 Å². The molecule has 4 rings (SSSR count). The lowest BCUT2D eigenvalue weighted by Crippen LogP contribution is -2.02. The van der Waals surface area contributed by atoms with Crippen molar-refractivity contribution in [2.75, 3.05) is 0 Å². The number of nitrogens with zero attached hydrogens (tertiary/aromatic N) is 3. The van der Waals surface area contributed by atoms with E-state index in [1.165, 1.54) is 46.1 Å². The summed E-state index contributed by atoms with van der Waals surface area (Å²) in [4.78, 5) is 10.9. The Balaban J connectivity index is 1.50. The lowest BCUT2D eigenvalue weighted by Gasteiger charge is -2.05. The third-order valence-electron chi connectivity index (χ3n) is 4.35. The smallest absolute Gasteiger partial charge is 0.0956 e. The van der Waals surface area contributed by atoms with Gasteiger partial charge in [0.05, 0.1) is 22.7 Å². The van der Waals surface area contributed by atoms with Crippen LogP contribution in [0.5, 0.6) is 0 Å². The van der Waals surface area contributed by atoms with Crippen LogP contribution in [-0.2, 0) is 25.8 Å². The molecule has 112 valence electrons. The maximum atomic E-state index is 4.79. The molecule has 1 aliphatic rings. The second-order valence-corrected chi connectivity index (χ2v) is 6.99. The topological polar surface area (TPSA) is 30.7 Å². The molecule has 3 nitrogen and oxygen atoms in total. The van der Waals surface area contributed by atoms with Crippen LogP contribution in [-0.4, -0.2) is 14.5 Å². The minimum absolute atomic E-state index is 0.956. The fourth-order valence-corrected chi connectivity index (χ4v) is 4.26. The van der Waals surface area contributed by atoms with Crippen LogP contribution < -0.4 is 0 Å². The molecule has 0 saturated carbocycles. The molecule has 0 amide bonds. The van der Waals surface area contributed by atoms with Crippen molar-refractivity contribution in [3.63, 3.8) is 0 Å². The summed E-state index contributed by atoms with van der Waals surface area (Å²) in [5, 5.41) is 1.28. The van der Waals surface area contributed by atoms with Crippen molar-refractivity contribution in [3.05, 3.63) is 57.9 Å². The molecule has 2 aromatic heterocycles. The number of thiazole rings is 1. The zero-order chi connectivity index (χ0) is 14.9. The summed E-state index contributed by atoms with van der Waals surface area (Å²) in [7, 11) is 0. The number of fused-ring (bicyclic) bond motifs is 1. The average Bonchev–Trinajstić information content (AvgIpc) is 3.21. The molecule has 4 heteroatoms. The van der Waals surface area contributed by atoms with Crippen LogP contribution in [0.15, 0.2) is 36.7 Å². The van der Waals surface area contributed by atoms with Gasteiger partial charge in [-0.3, -0.25) is 0 Å². The standard InChI is InChI=1S/C18H19N3S/c1-13-18(14-6-3-2-4-7-14)19-12-21(13)11-10-17-20-15-8-5-9-16(15)22-17/h2-4,6-7,12H,5,8-11H2,1H3. The van der Waals surface area contributed by atoms with E-state index in [0.717, 1.165) is 18.7 Å². The van der Waals surface area contributed by atoms with Gasteiger partial charge in [0.25, 0.3) is 0 Å². The Labute approximate surface area is 134 Å². The van der Waals surface area contributed by atoms with Crippen molar-refractivity contribution < 1.29 is 0 Å². The van der Waals surface area contributed by atoms with E-state index >= 15 is 0 Å². The normalized spacial score (nSPS) is 13.5. The molecule has 0 saturated heterocycles. The van der Waals surface area contributed by atoms with E-state index in [2.05, 4.69) is 40.7 Å². The fraction of sp³-hybridized carbons (Fsp3) is 0.333. The summed E-state index contributed by atoms with van der Waals surface area (Å²) in [6, 6.07) is 10.4. The molecule has 2 heterocycles. The Kier molecular flexibility index (Phi) is 3.54. The molecule has 0 radical (unpaired) electrons. The number of imidazole rings is 1. The Morgan fingerprint density at radius 2 is 2.05 bits per heavy atom. The molecule has 0 aliphatic heterocycles. The quantitative estimate of drug-likeness (QED) is 0.728. The van der Waals surface area contributed by atoms with Gasteiger partial charge in [-0.05, 0) is 26.2 Å². The molecule has 0 fully saturated rings. The Hall–Kier alpha value is -1.94. The summed E-state index contributed by atoms with van der Waals surface area (Å²) in [5.41, 5.74) is 4.86. The second kappa shape index (κ2) is 5.69. The number of hydrogen-bond donors (Lipinski definition) is 0. The molecule has 0 unspecified atom stereocenters. The predicted molar refractivity (Wildman–Crippen MR) is 90.2 cm³/mol. The van der Waals surface area contributed by atoms with E-state index < -0.39 is 0 Å². The van der Waals surface area contributed by atoms with Gasteiger partial charge < -0.3 is 4.57 Å². The highest BCUT2D eigenvalue weighted by molar-refractivity contribution is 7.11. The molecule has 0 bridgehead atoms. The van der Waals surface area contributed by atoms with E-state index in [-0.39, 0.29) is 0 Å². The van der Waals surface area contributed by atoms with Gasteiger partial charge >= 0.3 is 0 Å². The van der Waals surface area contributed by atoms with Crippen LogP contribution in [0.25, 0.3) is 11.3 Å². The van der Waals surface area contributed by atoms with E-state index in [4.69, 9.17) is 4.98 Å². The highest BCUT2D eigenvalue weighted by atomic mass is 32.1. The summed E-state index contributed by atoms with van der Waals surface area (Å²) >= 11 is 1.91. The summed E-state index contributed by atoms with van der Waals surface area (Å²) < 4.78 is 2.24. The highest BCUT2D eigenvalue weighted by Gasteiger charge is 2.16. The Morgan fingerprint density at radius 3 is 2.86 bits per heavy atom. The van der Waals surface area contributed by atoms with E-state index in [1.807, 2.05) is 23.7 Å². The zero-order valence-corrected chi connectivity index (χ0v) is 13.6. The SMILES string of the molecule is Cc1c(-c2ccccc2)ncn1CCc1nc2c(s1)CCC2. The Morgan fingerprint density at radius 1 is 1.18 bits per heavy atom. The van der Waals surface area contributed by atoms with Gasteiger partial charge in [-0.15, -0.1) is 11.3 Å². The molecule has 0 spiro atoms. The van der Waals surface area contributed by atoms with Crippen molar-refractivity contribution in [2.45, 2.75) is 39.2 Å². The monoisotopic (exact) mass is 309 g/mol. The van der Waals surface area contributed by atoms with Gasteiger partial charge in [0, 0.05) is 29.1 Å². The van der Waals surface area contributed by atoms with Crippen molar-refractivity contribution in [1.29, 1.82) is 0 Å². The number of rotatable bonds is 4. The molecule has 1 aliphatic carbocycles. The van der Waals surface area contributed by atoms with Crippen LogP contribution in [0.4, 0.5) is 0 Å². The van der Waals surface area contributed by atoms with Gasteiger partial charge in [-0.2, -0.15) is 0 Å². The number of benzene rings is 1. The molecule has 1 aromatic carbocycles. The number of aromatic nitrogens is 3. The Bertz CT molecular complexity index is 765. The van der Waals surface area contributed by atoms with Gasteiger partial charge in [0.15, 0.2) is 0 Å². The van der Waals surface area contributed by atoms with Crippen molar-refractivity contribution >= 4 is 11.3 Å². The lowest BCUT2D eigenvalue weighted by molar-refractivity contribution is 0.674. The first-order valence-corrected chi connectivity index (χ1v) is 8.67. The second-order valence-electron chi connectivity index (χ2n) is 5.82. The van der Waals surface area contributed by atoms with Crippen molar-refractivity contribution in [2.24, 2.45) is 0 Å². The highest BCUT2D eigenvalue weighted by Crippen LogP contribution is 2.28. The molecular formula is C18H19N3S. The van der Waals surface area contributed by atoms with Crippen LogP contribution in [0.1, 0.15) is 27.7 Å². The van der Waals surface area contributed by atoms with Gasteiger partial charge in [0.1, 0.15) is 0 Å².